The maximum Gasteiger partial charge on any atom is 0.490 e. The molecule has 0 radical (unpaired) electrons. The lowest BCUT2D eigenvalue weighted by Crippen LogP contribution is -2.33. The van der Waals surface area contributed by atoms with Crippen molar-refractivity contribution in [3.63, 3.8) is 0 Å². The monoisotopic (exact) mass is 581 g/mol. The Kier molecular flexibility index (Phi) is 11.2. The minimum atomic E-state index is -5.08. The molecule has 0 unspecified atom stereocenters. The van der Waals surface area contributed by atoms with E-state index < -0.39 is 22.2 Å². The number of hydrogen-bond donors (Lipinski definition) is 3. The van der Waals surface area contributed by atoms with Gasteiger partial charge >= 0.3 is 12.1 Å². The number of nitrogens with zero attached hydrogens (tertiary/aromatic N) is 1. The molecule has 1 aliphatic heterocycles. The molecule has 0 spiro atoms. The first-order chi connectivity index (χ1) is 18.9. The van der Waals surface area contributed by atoms with Crippen molar-refractivity contribution in [2.45, 2.75) is 37.0 Å². The summed E-state index contributed by atoms with van der Waals surface area (Å²) in [5.41, 5.74) is 3.97. The lowest BCUT2D eigenvalue weighted by molar-refractivity contribution is -0.192. The fourth-order valence-electron chi connectivity index (χ4n) is 4.04. The molecule has 1 saturated heterocycles. The number of likely N-dealkylation sites (tertiary alicyclic amines) is 1. The summed E-state index contributed by atoms with van der Waals surface area (Å²) < 4.78 is 72.9. The van der Waals surface area contributed by atoms with Crippen LogP contribution < -0.4 is 10.0 Å². The maximum atomic E-state index is 13.0. The van der Waals surface area contributed by atoms with E-state index in [2.05, 4.69) is 14.9 Å². The van der Waals surface area contributed by atoms with Gasteiger partial charge in [-0.25, -0.2) is 22.3 Å². The Morgan fingerprint density at radius 2 is 1.43 bits per heavy atom. The molecule has 12 heteroatoms. The van der Waals surface area contributed by atoms with E-state index in [1.54, 1.807) is 30.3 Å². The third-order valence-corrected chi connectivity index (χ3v) is 7.62. The van der Waals surface area contributed by atoms with E-state index in [-0.39, 0.29) is 10.7 Å². The highest BCUT2D eigenvalue weighted by Crippen LogP contribution is 2.23. The zero-order valence-electron chi connectivity index (χ0n) is 21.6. The van der Waals surface area contributed by atoms with Gasteiger partial charge in [-0.1, -0.05) is 48.5 Å². The van der Waals surface area contributed by atoms with Gasteiger partial charge in [0.2, 0.25) is 10.0 Å². The van der Waals surface area contributed by atoms with Gasteiger partial charge in [0.15, 0.2) is 0 Å². The summed E-state index contributed by atoms with van der Waals surface area (Å²) in [5, 5.41) is 10.5. The number of carboxylic acids is 1. The zero-order valence-corrected chi connectivity index (χ0v) is 22.4. The summed E-state index contributed by atoms with van der Waals surface area (Å²) in [5.74, 6) is -2.99. The van der Waals surface area contributed by atoms with Gasteiger partial charge in [0.1, 0.15) is 5.82 Å². The maximum absolute atomic E-state index is 13.0. The van der Waals surface area contributed by atoms with Crippen molar-refractivity contribution in [2.75, 3.05) is 26.2 Å². The molecule has 0 aliphatic carbocycles. The zero-order chi connectivity index (χ0) is 29.2. The molecular formula is C28H31F4N3O4S. The van der Waals surface area contributed by atoms with Gasteiger partial charge < -0.3 is 15.3 Å². The Bertz CT molecular complexity index is 1340. The summed E-state index contributed by atoms with van der Waals surface area (Å²) in [6.45, 7) is 4.62. The van der Waals surface area contributed by atoms with Crippen LogP contribution in [0.3, 0.4) is 0 Å². The number of rotatable bonds is 10. The summed E-state index contributed by atoms with van der Waals surface area (Å²) in [4.78, 5) is 11.5. The SMILES string of the molecule is O=C(O)C(F)(F)F.O=S(=O)(NCCN1CCCC1)c1cccc(-c2ccc(CNCc3ccc(F)cc3)cc2)c1. The molecule has 0 atom stereocenters. The van der Waals surface area contributed by atoms with Crippen molar-refractivity contribution in [2.24, 2.45) is 0 Å². The second-order valence-corrected chi connectivity index (χ2v) is 11.0. The van der Waals surface area contributed by atoms with Crippen LogP contribution in [0.4, 0.5) is 17.6 Å². The number of halogens is 4. The number of alkyl halides is 3. The lowest BCUT2D eigenvalue weighted by atomic mass is 10.0. The Hall–Kier alpha value is -3.32. The van der Waals surface area contributed by atoms with E-state index in [4.69, 9.17) is 9.90 Å². The van der Waals surface area contributed by atoms with Crippen molar-refractivity contribution in [1.82, 2.24) is 14.9 Å². The fraction of sp³-hybridized carbons (Fsp3) is 0.321. The van der Waals surface area contributed by atoms with Crippen LogP contribution in [0, 0.1) is 5.82 Å². The van der Waals surface area contributed by atoms with Crippen LogP contribution in [0.5, 0.6) is 0 Å². The van der Waals surface area contributed by atoms with Crippen LogP contribution in [0.1, 0.15) is 24.0 Å². The van der Waals surface area contributed by atoms with E-state index >= 15 is 0 Å². The quantitative estimate of drug-likeness (QED) is 0.298. The second kappa shape index (κ2) is 14.4. The van der Waals surface area contributed by atoms with Gasteiger partial charge in [-0.2, -0.15) is 13.2 Å². The fourth-order valence-corrected chi connectivity index (χ4v) is 5.11. The van der Waals surface area contributed by atoms with Gasteiger partial charge in [0.05, 0.1) is 4.90 Å². The standard InChI is InChI=1S/C26H30FN3O2S.C2HF3O2/c27-25-12-8-22(9-13-25)20-28-19-21-6-10-23(11-7-21)24-4-3-5-26(18-24)33(31,32)29-14-17-30-15-1-2-16-30;3-2(4,5)1(6)7/h3-13,18,28-29H,1-2,14-17,19-20H2;(H,6,7). The highest BCUT2D eigenvalue weighted by molar-refractivity contribution is 7.89. The molecule has 4 rings (SSSR count). The average Bonchev–Trinajstić information content (AvgIpc) is 3.44. The second-order valence-electron chi connectivity index (χ2n) is 9.20. The highest BCUT2D eigenvalue weighted by atomic mass is 32.2. The van der Waals surface area contributed by atoms with Crippen molar-refractivity contribution in [1.29, 1.82) is 0 Å². The predicted octanol–water partition coefficient (Wildman–Crippen LogP) is 4.79. The Morgan fingerprint density at radius 1 is 0.875 bits per heavy atom. The first-order valence-corrected chi connectivity index (χ1v) is 14.1. The molecule has 1 aliphatic rings. The van der Waals surface area contributed by atoms with Gasteiger partial charge in [-0.05, 0) is 72.5 Å². The largest absolute Gasteiger partial charge is 0.490 e. The van der Waals surface area contributed by atoms with Crippen LogP contribution in [-0.4, -0.2) is 56.7 Å². The average molecular weight is 582 g/mol. The minimum absolute atomic E-state index is 0.232. The topological polar surface area (TPSA) is 98.7 Å². The first-order valence-electron chi connectivity index (χ1n) is 12.6. The van der Waals surface area contributed by atoms with E-state index in [0.717, 1.165) is 41.9 Å². The van der Waals surface area contributed by atoms with E-state index in [1.807, 2.05) is 30.3 Å². The highest BCUT2D eigenvalue weighted by Gasteiger charge is 2.38. The van der Waals surface area contributed by atoms with Crippen LogP contribution in [0.15, 0.2) is 77.7 Å². The van der Waals surface area contributed by atoms with E-state index in [0.29, 0.717) is 19.6 Å². The molecule has 0 aromatic heterocycles. The third-order valence-electron chi connectivity index (χ3n) is 6.16. The third kappa shape index (κ3) is 10.0. The molecular weight excluding hydrogens is 550 g/mol. The molecule has 3 aromatic rings. The molecule has 0 bridgehead atoms. The number of aliphatic carboxylic acids is 1. The molecule has 7 nitrogen and oxygen atoms in total. The molecule has 0 amide bonds. The predicted molar refractivity (Wildman–Crippen MR) is 143 cm³/mol. The normalized spacial score (nSPS) is 14.0. The van der Waals surface area contributed by atoms with E-state index in [9.17, 15) is 26.0 Å². The van der Waals surface area contributed by atoms with Crippen molar-refractivity contribution in [3.8, 4) is 11.1 Å². The van der Waals surface area contributed by atoms with Gasteiger partial charge in [-0.15, -0.1) is 0 Å². The molecule has 3 N–H and O–H groups in total. The number of carbonyl (C=O) groups is 1. The molecule has 216 valence electrons. The van der Waals surface area contributed by atoms with Crippen LogP contribution in [-0.2, 0) is 27.9 Å². The van der Waals surface area contributed by atoms with Gasteiger partial charge in [0, 0.05) is 26.2 Å². The van der Waals surface area contributed by atoms with Gasteiger partial charge in [0.25, 0.3) is 0 Å². The Morgan fingerprint density at radius 3 is 1.98 bits per heavy atom. The molecule has 3 aromatic carbocycles. The minimum Gasteiger partial charge on any atom is -0.475 e. The van der Waals surface area contributed by atoms with Crippen LogP contribution in [0.25, 0.3) is 11.1 Å². The number of nitrogens with one attached hydrogen (secondary N) is 2. The molecule has 1 heterocycles. The summed E-state index contributed by atoms with van der Waals surface area (Å²) in [7, 11) is -3.54. The summed E-state index contributed by atoms with van der Waals surface area (Å²) in [6, 6.07) is 21.6. The number of hydrogen-bond acceptors (Lipinski definition) is 5. The number of sulfonamides is 1. The molecule has 1 fully saturated rings. The number of carboxylic acid groups (broad SMARTS) is 1. The van der Waals surface area contributed by atoms with Crippen molar-refractivity contribution >= 4 is 16.0 Å². The summed E-state index contributed by atoms with van der Waals surface area (Å²) >= 11 is 0. The molecule has 40 heavy (non-hydrogen) atoms. The van der Waals surface area contributed by atoms with E-state index in [1.165, 1.54) is 25.0 Å². The summed E-state index contributed by atoms with van der Waals surface area (Å²) in [6.07, 6.45) is -2.70. The number of benzene rings is 3. The molecule has 0 saturated carbocycles. The van der Waals surface area contributed by atoms with Crippen molar-refractivity contribution < 1.29 is 35.9 Å². The lowest BCUT2D eigenvalue weighted by Gasteiger charge is -2.15. The van der Waals surface area contributed by atoms with Gasteiger partial charge in [-0.3, -0.25) is 0 Å². The van der Waals surface area contributed by atoms with Crippen LogP contribution >= 0.6 is 0 Å². The van der Waals surface area contributed by atoms with Crippen molar-refractivity contribution in [3.05, 3.63) is 89.7 Å². The Balaban J connectivity index is 0.000000559. The Labute approximate surface area is 230 Å². The first kappa shape index (κ1) is 31.2. The van der Waals surface area contributed by atoms with Crippen LogP contribution in [0.2, 0.25) is 0 Å². The smallest absolute Gasteiger partial charge is 0.475 e.